The number of hydrogen-bond donors (Lipinski definition) is 0. The molecule has 0 amide bonds. The number of fused-ring (bicyclic) bond motifs is 1. The van der Waals surface area contributed by atoms with Crippen LogP contribution in [0, 0.1) is 5.41 Å². The van der Waals surface area contributed by atoms with Crippen molar-refractivity contribution in [2.75, 3.05) is 20.8 Å². The average Bonchev–Trinajstić information content (AvgIpc) is 2.54. The Balaban J connectivity index is 1.82. The first-order valence-electron chi connectivity index (χ1n) is 7.61. The molecule has 0 radical (unpaired) electrons. The van der Waals surface area contributed by atoms with Crippen LogP contribution in [-0.4, -0.2) is 45.4 Å². The summed E-state index contributed by atoms with van der Waals surface area (Å²) in [6.07, 6.45) is -1.27. The predicted molar refractivity (Wildman–Crippen MR) is 80.3 cm³/mol. The molecule has 1 unspecified atom stereocenters. The van der Waals surface area contributed by atoms with Gasteiger partial charge in [-0.25, -0.2) is 0 Å². The topological polar surface area (TPSA) is 46.2 Å². The van der Waals surface area contributed by atoms with E-state index >= 15 is 0 Å². The van der Waals surface area contributed by atoms with Crippen LogP contribution in [0.3, 0.4) is 0 Å². The van der Waals surface area contributed by atoms with E-state index in [1.165, 1.54) is 0 Å². The molecule has 0 aliphatic carbocycles. The summed E-state index contributed by atoms with van der Waals surface area (Å²) >= 11 is 0. The number of ether oxygens (including phenoxy) is 5. The van der Waals surface area contributed by atoms with E-state index in [4.69, 9.17) is 23.7 Å². The van der Waals surface area contributed by atoms with Crippen LogP contribution in [0.2, 0.25) is 0 Å². The van der Waals surface area contributed by atoms with Gasteiger partial charge in [0, 0.05) is 25.2 Å². The summed E-state index contributed by atoms with van der Waals surface area (Å²) in [5.74, 6) is 0. The number of benzene rings is 1. The van der Waals surface area contributed by atoms with Gasteiger partial charge in [-0.15, -0.1) is 0 Å². The summed E-state index contributed by atoms with van der Waals surface area (Å²) in [6, 6.07) is 9.96. The van der Waals surface area contributed by atoms with Crippen molar-refractivity contribution in [2.24, 2.45) is 5.41 Å². The first-order chi connectivity index (χ1) is 10.6. The van der Waals surface area contributed by atoms with Crippen molar-refractivity contribution in [3.63, 3.8) is 0 Å². The second kappa shape index (κ2) is 6.26. The molecule has 3 rings (SSSR count). The maximum Gasteiger partial charge on any atom is 0.184 e. The molecule has 0 saturated carbocycles. The van der Waals surface area contributed by atoms with Gasteiger partial charge in [0.2, 0.25) is 0 Å². The van der Waals surface area contributed by atoms with Crippen molar-refractivity contribution in [1.29, 1.82) is 0 Å². The molecule has 0 bridgehead atoms. The molecule has 5 heteroatoms. The fraction of sp³-hybridized carbons (Fsp3) is 0.647. The monoisotopic (exact) mass is 308 g/mol. The molecule has 2 fully saturated rings. The van der Waals surface area contributed by atoms with Crippen LogP contribution in [0.5, 0.6) is 0 Å². The summed E-state index contributed by atoms with van der Waals surface area (Å²) in [6.45, 7) is 4.73. The molecule has 1 aromatic rings. The third-order valence-corrected chi connectivity index (χ3v) is 4.60. The molecule has 22 heavy (non-hydrogen) atoms. The third-order valence-electron chi connectivity index (χ3n) is 4.60. The van der Waals surface area contributed by atoms with E-state index < -0.39 is 6.29 Å². The molecule has 2 aliphatic rings. The van der Waals surface area contributed by atoms with E-state index in [1.807, 2.05) is 30.3 Å². The van der Waals surface area contributed by atoms with Crippen LogP contribution in [0.1, 0.15) is 25.7 Å². The Labute approximate surface area is 131 Å². The van der Waals surface area contributed by atoms with Crippen LogP contribution in [0.4, 0.5) is 0 Å². The van der Waals surface area contributed by atoms with E-state index in [9.17, 15) is 0 Å². The van der Waals surface area contributed by atoms with Gasteiger partial charge in [-0.05, 0) is 0 Å². The van der Waals surface area contributed by atoms with Crippen LogP contribution in [-0.2, 0) is 23.7 Å². The number of hydrogen-bond acceptors (Lipinski definition) is 5. The summed E-state index contributed by atoms with van der Waals surface area (Å²) in [5, 5.41) is 0. The van der Waals surface area contributed by atoms with Crippen LogP contribution < -0.4 is 0 Å². The predicted octanol–water partition coefficient (Wildman–Crippen LogP) is 2.51. The lowest BCUT2D eigenvalue weighted by atomic mass is 9.75. The lowest BCUT2D eigenvalue weighted by molar-refractivity contribution is -0.369. The molecular formula is C17H24O5. The first-order valence-corrected chi connectivity index (χ1v) is 7.61. The lowest BCUT2D eigenvalue weighted by Gasteiger charge is -2.53. The van der Waals surface area contributed by atoms with Crippen molar-refractivity contribution in [2.45, 2.75) is 44.7 Å². The van der Waals surface area contributed by atoms with Gasteiger partial charge in [0.05, 0.1) is 12.7 Å². The van der Waals surface area contributed by atoms with Crippen molar-refractivity contribution in [1.82, 2.24) is 0 Å². The smallest absolute Gasteiger partial charge is 0.184 e. The van der Waals surface area contributed by atoms with Crippen molar-refractivity contribution >= 4 is 0 Å². The second-order valence-corrected chi connectivity index (χ2v) is 6.39. The van der Waals surface area contributed by atoms with Gasteiger partial charge in [0.15, 0.2) is 12.6 Å². The standard InChI is InChI=1S/C17H24O5/c1-17(2)13-12(21-16(19-4)14(17)18-3)10-20-15(22-13)11-8-6-5-7-9-11/h5-9,12-16H,10H2,1-4H3/t12-,13-,14+,15?,16+/m1/s1. The number of methoxy groups -OCH3 is 2. The summed E-state index contributed by atoms with van der Waals surface area (Å²) in [4.78, 5) is 0. The molecule has 2 heterocycles. The summed E-state index contributed by atoms with van der Waals surface area (Å²) < 4.78 is 29.1. The normalized spacial score (nSPS) is 37.5. The Kier molecular flexibility index (Phi) is 4.52. The molecule has 5 nitrogen and oxygen atoms in total. The molecule has 1 aromatic carbocycles. The van der Waals surface area contributed by atoms with Crippen molar-refractivity contribution in [3.8, 4) is 0 Å². The fourth-order valence-electron chi connectivity index (χ4n) is 3.43. The molecule has 0 spiro atoms. The zero-order valence-electron chi connectivity index (χ0n) is 13.5. The molecular weight excluding hydrogens is 284 g/mol. The Morgan fingerprint density at radius 2 is 1.77 bits per heavy atom. The second-order valence-electron chi connectivity index (χ2n) is 6.39. The molecule has 2 aliphatic heterocycles. The summed E-state index contributed by atoms with van der Waals surface area (Å²) in [5.41, 5.74) is 0.759. The zero-order valence-corrected chi connectivity index (χ0v) is 13.5. The highest BCUT2D eigenvalue weighted by Crippen LogP contribution is 2.44. The molecule has 0 N–H and O–H groups in total. The van der Waals surface area contributed by atoms with E-state index in [0.29, 0.717) is 6.61 Å². The lowest BCUT2D eigenvalue weighted by Crippen LogP contribution is -2.63. The van der Waals surface area contributed by atoms with Gasteiger partial charge in [-0.2, -0.15) is 0 Å². The molecule has 122 valence electrons. The Morgan fingerprint density at radius 3 is 2.41 bits per heavy atom. The van der Waals surface area contributed by atoms with Gasteiger partial charge in [0.1, 0.15) is 12.2 Å². The maximum absolute atomic E-state index is 6.23. The van der Waals surface area contributed by atoms with Gasteiger partial charge in [0.25, 0.3) is 0 Å². The minimum Gasteiger partial charge on any atom is -0.376 e. The largest absolute Gasteiger partial charge is 0.376 e. The summed E-state index contributed by atoms with van der Waals surface area (Å²) in [7, 11) is 3.31. The highest BCUT2D eigenvalue weighted by atomic mass is 16.7. The third kappa shape index (κ3) is 2.68. The van der Waals surface area contributed by atoms with E-state index in [1.54, 1.807) is 14.2 Å². The zero-order chi connectivity index (χ0) is 15.7. The maximum atomic E-state index is 6.23. The van der Waals surface area contributed by atoms with Gasteiger partial charge in [-0.1, -0.05) is 44.2 Å². The fourth-order valence-corrected chi connectivity index (χ4v) is 3.43. The SMILES string of the molecule is CO[C@H]1O[C@@H]2COC(c3ccccc3)O[C@H]2C(C)(C)[C@H]1OC. The average molecular weight is 308 g/mol. The molecule has 2 saturated heterocycles. The van der Waals surface area contributed by atoms with Crippen molar-refractivity contribution in [3.05, 3.63) is 35.9 Å². The van der Waals surface area contributed by atoms with Gasteiger partial charge >= 0.3 is 0 Å². The quantitative estimate of drug-likeness (QED) is 0.858. The number of rotatable bonds is 3. The first kappa shape index (κ1) is 15.9. The highest BCUT2D eigenvalue weighted by molar-refractivity contribution is 5.17. The Morgan fingerprint density at radius 1 is 1.05 bits per heavy atom. The van der Waals surface area contributed by atoms with E-state index in [-0.39, 0.29) is 30.0 Å². The van der Waals surface area contributed by atoms with Crippen LogP contribution in [0.15, 0.2) is 30.3 Å². The van der Waals surface area contributed by atoms with E-state index in [2.05, 4.69) is 13.8 Å². The Hall–Kier alpha value is -0.980. The molecule has 0 aromatic heterocycles. The molecule has 5 atom stereocenters. The van der Waals surface area contributed by atoms with E-state index in [0.717, 1.165) is 5.56 Å². The highest BCUT2D eigenvalue weighted by Gasteiger charge is 2.55. The van der Waals surface area contributed by atoms with Gasteiger partial charge < -0.3 is 23.7 Å². The van der Waals surface area contributed by atoms with Crippen LogP contribution in [0.25, 0.3) is 0 Å². The Bertz CT molecular complexity index is 489. The van der Waals surface area contributed by atoms with Crippen LogP contribution >= 0.6 is 0 Å². The van der Waals surface area contributed by atoms with Gasteiger partial charge in [-0.3, -0.25) is 0 Å². The van der Waals surface area contributed by atoms with Crippen molar-refractivity contribution < 1.29 is 23.7 Å². The minimum atomic E-state index is -0.415. The minimum absolute atomic E-state index is 0.122.